The van der Waals surface area contributed by atoms with Crippen LogP contribution < -0.4 is 5.32 Å². The minimum atomic E-state index is -0.0392. The highest BCUT2D eigenvalue weighted by Crippen LogP contribution is 2.35. The average Bonchev–Trinajstić information content (AvgIpc) is 2.41. The first-order chi connectivity index (χ1) is 9.43. The van der Waals surface area contributed by atoms with Crippen LogP contribution >= 0.6 is 27.7 Å². The van der Waals surface area contributed by atoms with Gasteiger partial charge < -0.3 is 10.1 Å². The third-order valence-corrected chi connectivity index (χ3v) is 4.77. The lowest BCUT2D eigenvalue weighted by Gasteiger charge is -2.26. The van der Waals surface area contributed by atoms with Gasteiger partial charge in [-0.2, -0.15) is 11.8 Å². The molecule has 1 saturated heterocycles. The van der Waals surface area contributed by atoms with E-state index in [4.69, 9.17) is 9.72 Å². The minimum Gasteiger partial charge on any atom is -0.369 e. The minimum absolute atomic E-state index is 0.000330. The van der Waals surface area contributed by atoms with E-state index in [9.17, 15) is 0 Å². The van der Waals surface area contributed by atoms with Gasteiger partial charge in [0.2, 0.25) is 0 Å². The van der Waals surface area contributed by atoms with Crippen molar-refractivity contribution in [3.05, 3.63) is 16.0 Å². The number of ether oxygens (including phenoxy) is 1. The van der Waals surface area contributed by atoms with Crippen LogP contribution in [0.15, 0.2) is 4.47 Å². The van der Waals surface area contributed by atoms with E-state index in [0.29, 0.717) is 0 Å². The molecule has 1 aromatic heterocycles. The van der Waals surface area contributed by atoms with Crippen molar-refractivity contribution in [1.82, 2.24) is 9.97 Å². The van der Waals surface area contributed by atoms with Crippen molar-refractivity contribution in [3.63, 3.8) is 0 Å². The smallest absolute Gasteiger partial charge is 0.160 e. The van der Waals surface area contributed by atoms with Crippen LogP contribution in [0.2, 0.25) is 0 Å². The molecule has 0 bridgehead atoms. The molecule has 0 saturated carbocycles. The van der Waals surface area contributed by atoms with Gasteiger partial charge in [-0.3, -0.25) is 0 Å². The van der Waals surface area contributed by atoms with Crippen LogP contribution in [0.4, 0.5) is 5.82 Å². The van der Waals surface area contributed by atoms with Crippen molar-refractivity contribution in [2.45, 2.75) is 39.2 Å². The molecule has 1 aromatic rings. The summed E-state index contributed by atoms with van der Waals surface area (Å²) in [4.78, 5) is 9.43. The standard InChI is InChI=1S/C14H22BrN3OS/c1-5-16-13-10(15)11(14(2,3)4)17-12(18-13)9-8-20-7-6-19-9/h9H,5-8H2,1-4H3,(H,16,17,18). The lowest BCUT2D eigenvalue weighted by Crippen LogP contribution is -2.23. The zero-order chi connectivity index (χ0) is 14.8. The third-order valence-electron chi connectivity index (χ3n) is 3.03. The summed E-state index contributed by atoms with van der Waals surface area (Å²) in [5, 5.41) is 3.31. The van der Waals surface area contributed by atoms with Crippen LogP contribution in [0.3, 0.4) is 0 Å². The molecule has 0 aromatic carbocycles. The lowest BCUT2D eigenvalue weighted by atomic mass is 9.91. The fourth-order valence-electron chi connectivity index (χ4n) is 2.03. The van der Waals surface area contributed by atoms with Gasteiger partial charge in [-0.25, -0.2) is 9.97 Å². The van der Waals surface area contributed by atoms with Gasteiger partial charge in [-0.15, -0.1) is 0 Å². The fourth-order valence-corrected chi connectivity index (χ4v) is 3.78. The van der Waals surface area contributed by atoms with Crippen molar-refractivity contribution in [2.24, 2.45) is 0 Å². The summed E-state index contributed by atoms with van der Waals surface area (Å²) >= 11 is 5.54. The number of thioether (sulfide) groups is 1. The molecule has 1 atom stereocenters. The van der Waals surface area contributed by atoms with Gasteiger partial charge in [0.15, 0.2) is 5.82 Å². The summed E-state index contributed by atoms with van der Waals surface area (Å²) < 4.78 is 6.77. The molecule has 0 spiro atoms. The van der Waals surface area contributed by atoms with Crippen LogP contribution in [0.5, 0.6) is 0 Å². The maximum atomic E-state index is 5.82. The molecule has 1 aliphatic heterocycles. The van der Waals surface area contributed by atoms with Gasteiger partial charge in [0.05, 0.1) is 16.8 Å². The second kappa shape index (κ2) is 6.62. The maximum absolute atomic E-state index is 5.82. The topological polar surface area (TPSA) is 47.0 Å². The van der Waals surface area contributed by atoms with Crippen molar-refractivity contribution < 1.29 is 4.74 Å². The number of rotatable bonds is 3. The average molecular weight is 360 g/mol. The van der Waals surface area contributed by atoms with Crippen LogP contribution in [0.1, 0.15) is 45.3 Å². The first-order valence-electron chi connectivity index (χ1n) is 6.94. The van der Waals surface area contributed by atoms with Gasteiger partial charge in [0, 0.05) is 23.5 Å². The quantitative estimate of drug-likeness (QED) is 0.889. The molecule has 4 nitrogen and oxygen atoms in total. The molecule has 0 aliphatic carbocycles. The molecule has 20 heavy (non-hydrogen) atoms. The van der Waals surface area contributed by atoms with E-state index in [0.717, 1.165) is 46.5 Å². The van der Waals surface area contributed by atoms with E-state index in [1.807, 2.05) is 11.8 Å². The molecule has 112 valence electrons. The van der Waals surface area contributed by atoms with E-state index >= 15 is 0 Å². The Bertz CT molecular complexity index is 470. The largest absolute Gasteiger partial charge is 0.369 e. The number of aromatic nitrogens is 2. The van der Waals surface area contributed by atoms with Crippen LogP contribution in [0.25, 0.3) is 0 Å². The van der Waals surface area contributed by atoms with Gasteiger partial charge >= 0.3 is 0 Å². The highest BCUT2D eigenvalue weighted by atomic mass is 79.9. The molecule has 1 unspecified atom stereocenters. The van der Waals surface area contributed by atoms with Crippen LogP contribution in [-0.4, -0.2) is 34.6 Å². The van der Waals surface area contributed by atoms with E-state index in [-0.39, 0.29) is 11.5 Å². The van der Waals surface area contributed by atoms with Gasteiger partial charge in [0.1, 0.15) is 11.9 Å². The second-order valence-corrected chi connectivity index (χ2v) is 7.75. The molecule has 1 aliphatic rings. The van der Waals surface area contributed by atoms with E-state index in [2.05, 4.69) is 53.9 Å². The molecule has 0 radical (unpaired) electrons. The third kappa shape index (κ3) is 3.65. The molecule has 1 fully saturated rings. The first kappa shape index (κ1) is 16.0. The molecular weight excluding hydrogens is 338 g/mol. The molecule has 6 heteroatoms. The number of anilines is 1. The van der Waals surface area contributed by atoms with Gasteiger partial charge in [0.25, 0.3) is 0 Å². The van der Waals surface area contributed by atoms with Gasteiger partial charge in [-0.1, -0.05) is 20.8 Å². The fraction of sp³-hybridized carbons (Fsp3) is 0.714. The van der Waals surface area contributed by atoms with Gasteiger partial charge in [-0.05, 0) is 22.9 Å². The SMILES string of the molecule is CCNc1nc(C2CSCCO2)nc(C(C)(C)C)c1Br. The van der Waals surface area contributed by atoms with Crippen molar-refractivity contribution in [3.8, 4) is 0 Å². The molecular formula is C14H22BrN3OS. The van der Waals surface area contributed by atoms with Crippen molar-refractivity contribution in [1.29, 1.82) is 0 Å². The number of halogens is 1. The maximum Gasteiger partial charge on any atom is 0.160 e. The highest BCUT2D eigenvalue weighted by molar-refractivity contribution is 9.10. The highest BCUT2D eigenvalue weighted by Gasteiger charge is 2.27. The molecule has 2 rings (SSSR count). The Hall–Kier alpha value is -0.330. The first-order valence-corrected chi connectivity index (χ1v) is 8.89. The Kier molecular flexibility index (Phi) is 5.31. The molecule has 1 N–H and O–H groups in total. The Labute approximate surface area is 133 Å². The van der Waals surface area contributed by atoms with E-state index in [1.54, 1.807) is 0 Å². The van der Waals surface area contributed by atoms with Crippen LogP contribution in [-0.2, 0) is 10.2 Å². The van der Waals surface area contributed by atoms with Crippen molar-refractivity contribution in [2.75, 3.05) is 30.0 Å². The molecule has 0 amide bonds. The lowest BCUT2D eigenvalue weighted by molar-refractivity contribution is 0.0692. The number of nitrogens with one attached hydrogen (secondary N) is 1. The Morgan fingerprint density at radius 2 is 2.15 bits per heavy atom. The van der Waals surface area contributed by atoms with E-state index in [1.165, 1.54) is 0 Å². The summed E-state index contributed by atoms with van der Waals surface area (Å²) in [7, 11) is 0. The number of hydrogen-bond donors (Lipinski definition) is 1. The predicted octanol–water partition coefficient (Wildman–Crippen LogP) is 3.77. The number of hydrogen-bond acceptors (Lipinski definition) is 5. The summed E-state index contributed by atoms with van der Waals surface area (Å²) in [5.74, 6) is 3.64. The normalized spacial score (nSPS) is 19.9. The summed E-state index contributed by atoms with van der Waals surface area (Å²) in [6.07, 6.45) is 0.000330. The van der Waals surface area contributed by atoms with Crippen LogP contribution in [0, 0.1) is 0 Å². The molecule has 2 heterocycles. The summed E-state index contributed by atoms with van der Waals surface area (Å²) in [6, 6.07) is 0. The zero-order valence-electron chi connectivity index (χ0n) is 12.5. The van der Waals surface area contributed by atoms with E-state index < -0.39 is 0 Å². The predicted molar refractivity (Wildman–Crippen MR) is 88.6 cm³/mol. The number of nitrogens with zero attached hydrogens (tertiary/aromatic N) is 2. The summed E-state index contributed by atoms with van der Waals surface area (Å²) in [6.45, 7) is 10.2. The monoisotopic (exact) mass is 359 g/mol. The summed E-state index contributed by atoms with van der Waals surface area (Å²) in [5.41, 5.74) is 0.986. The Morgan fingerprint density at radius 3 is 2.70 bits per heavy atom. The second-order valence-electron chi connectivity index (χ2n) is 5.81. The Balaban J connectivity index is 2.43. The van der Waals surface area contributed by atoms with Crippen molar-refractivity contribution >= 4 is 33.5 Å². The zero-order valence-corrected chi connectivity index (χ0v) is 14.9. The Morgan fingerprint density at radius 1 is 1.40 bits per heavy atom.